The molecule has 0 radical (unpaired) electrons. The van der Waals surface area contributed by atoms with Gasteiger partial charge in [-0.15, -0.1) is 0 Å². The third-order valence-corrected chi connectivity index (χ3v) is 5.41. The maximum atomic E-state index is 13.3. The summed E-state index contributed by atoms with van der Waals surface area (Å²) in [5.41, 5.74) is 2.61. The van der Waals surface area contributed by atoms with E-state index in [-0.39, 0.29) is 16.9 Å². The summed E-state index contributed by atoms with van der Waals surface area (Å²) in [6.45, 7) is 14.1. The summed E-state index contributed by atoms with van der Waals surface area (Å²) in [7, 11) is 0. The van der Waals surface area contributed by atoms with Crippen LogP contribution in [0.15, 0.2) is 18.2 Å². The SMILES string of the molecule is CCC1(C)CN(Cc2ccc(F)cc2C)C(C)(CC)CN1. The highest BCUT2D eigenvalue weighted by molar-refractivity contribution is 5.27. The predicted molar refractivity (Wildman–Crippen MR) is 86.9 cm³/mol. The lowest BCUT2D eigenvalue weighted by Gasteiger charge is -2.52. The third-order valence-electron chi connectivity index (χ3n) is 5.41. The van der Waals surface area contributed by atoms with Gasteiger partial charge >= 0.3 is 0 Å². The maximum Gasteiger partial charge on any atom is 0.123 e. The van der Waals surface area contributed by atoms with Crippen LogP contribution in [0.25, 0.3) is 0 Å². The minimum Gasteiger partial charge on any atom is -0.308 e. The molecule has 0 amide bonds. The Hall–Kier alpha value is -0.930. The van der Waals surface area contributed by atoms with Gasteiger partial charge in [0.25, 0.3) is 0 Å². The Morgan fingerprint density at radius 1 is 1.24 bits per heavy atom. The van der Waals surface area contributed by atoms with Gasteiger partial charge in [-0.05, 0) is 56.9 Å². The fourth-order valence-electron chi connectivity index (χ4n) is 3.06. The van der Waals surface area contributed by atoms with Crippen molar-refractivity contribution in [2.24, 2.45) is 0 Å². The zero-order chi connectivity index (χ0) is 15.7. The second-order valence-electron chi connectivity index (χ2n) is 7.05. The lowest BCUT2D eigenvalue weighted by molar-refractivity contribution is 0.0103. The highest BCUT2D eigenvalue weighted by atomic mass is 19.1. The second-order valence-corrected chi connectivity index (χ2v) is 7.05. The number of hydrogen-bond acceptors (Lipinski definition) is 2. The first-order valence-corrected chi connectivity index (χ1v) is 8.07. The fraction of sp³-hybridized carbons (Fsp3) is 0.667. The molecule has 2 nitrogen and oxygen atoms in total. The molecule has 2 unspecified atom stereocenters. The van der Waals surface area contributed by atoms with Gasteiger partial charge in [-0.25, -0.2) is 4.39 Å². The molecular formula is C18H29FN2. The van der Waals surface area contributed by atoms with Crippen LogP contribution in [0, 0.1) is 12.7 Å². The van der Waals surface area contributed by atoms with Crippen LogP contribution in [0.5, 0.6) is 0 Å². The van der Waals surface area contributed by atoms with E-state index in [0.717, 1.165) is 38.0 Å². The van der Waals surface area contributed by atoms with Gasteiger partial charge in [-0.1, -0.05) is 19.9 Å². The normalized spacial score (nSPS) is 30.6. The largest absolute Gasteiger partial charge is 0.308 e. The summed E-state index contributed by atoms with van der Waals surface area (Å²) in [6.07, 6.45) is 2.23. The second kappa shape index (κ2) is 6.05. The first kappa shape index (κ1) is 16.4. The molecule has 0 aliphatic carbocycles. The van der Waals surface area contributed by atoms with Gasteiger partial charge in [0.2, 0.25) is 0 Å². The van der Waals surface area contributed by atoms with E-state index >= 15 is 0 Å². The van der Waals surface area contributed by atoms with Gasteiger partial charge in [-0.3, -0.25) is 4.90 Å². The number of benzene rings is 1. The van der Waals surface area contributed by atoms with Crippen molar-refractivity contribution in [3.8, 4) is 0 Å². The molecule has 0 saturated carbocycles. The Morgan fingerprint density at radius 2 is 1.95 bits per heavy atom. The van der Waals surface area contributed by atoms with Gasteiger partial charge in [0, 0.05) is 30.7 Å². The topological polar surface area (TPSA) is 15.3 Å². The molecular weight excluding hydrogens is 263 g/mol. The molecule has 0 spiro atoms. The fourth-order valence-corrected chi connectivity index (χ4v) is 3.06. The quantitative estimate of drug-likeness (QED) is 0.906. The molecule has 1 fully saturated rings. The zero-order valence-corrected chi connectivity index (χ0v) is 14.1. The molecule has 21 heavy (non-hydrogen) atoms. The van der Waals surface area contributed by atoms with Crippen LogP contribution in [0.1, 0.15) is 51.7 Å². The number of hydrogen-bond donors (Lipinski definition) is 1. The van der Waals surface area contributed by atoms with E-state index in [0.29, 0.717) is 0 Å². The Labute approximate surface area is 128 Å². The minimum absolute atomic E-state index is 0.145. The Bertz CT molecular complexity index is 502. The van der Waals surface area contributed by atoms with E-state index in [9.17, 15) is 4.39 Å². The summed E-state index contributed by atoms with van der Waals surface area (Å²) >= 11 is 0. The molecule has 1 heterocycles. The van der Waals surface area contributed by atoms with Gasteiger partial charge < -0.3 is 5.32 Å². The van der Waals surface area contributed by atoms with Gasteiger partial charge in [0.05, 0.1) is 0 Å². The van der Waals surface area contributed by atoms with E-state index < -0.39 is 0 Å². The molecule has 3 heteroatoms. The van der Waals surface area contributed by atoms with Crippen molar-refractivity contribution >= 4 is 0 Å². The molecule has 1 aliphatic heterocycles. The van der Waals surface area contributed by atoms with Gasteiger partial charge in [-0.2, -0.15) is 0 Å². The number of nitrogens with one attached hydrogen (secondary N) is 1. The molecule has 1 aliphatic rings. The average Bonchev–Trinajstić information content (AvgIpc) is 2.46. The van der Waals surface area contributed by atoms with Crippen LogP contribution >= 0.6 is 0 Å². The molecule has 1 N–H and O–H groups in total. The standard InChI is InChI=1S/C18H29FN2/c1-6-17(4)13-21(18(5,7-2)12-20-17)11-15-8-9-16(19)10-14(15)3/h8-10,20H,6-7,11-13H2,1-5H3. The Balaban J connectivity index is 2.24. The maximum absolute atomic E-state index is 13.3. The van der Waals surface area contributed by atoms with Crippen LogP contribution in [-0.2, 0) is 6.54 Å². The molecule has 1 saturated heterocycles. The van der Waals surface area contributed by atoms with Crippen molar-refractivity contribution in [3.05, 3.63) is 35.1 Å². The molecule has 0 aromatic heterocycles. The predicted octanol–water partition coefficient (Wildman–Crippen LogP) is 3.88. The first-order valence-electron chi connectivity index (χ1n) is 8.07. The number of piperazine rings is 1. The van der Waals surface area contributed by atoms with E-state index in [1.54, 1.807) is 12.1 Å². The Morgan fingerprint density at radius 3 is 2.52 bits per heavy atom. The summed E-state index contributed by atoms with van der Waals surface area (Å²) in [4.78, 5) is 2.58. The average molecular weight is 292 g/mol. The van der Waals surface area contributed by atoms with Crippen LogP contribution in [-0.4, -0.2) is 29.1 Å². The molecule has 118 valence electrons. The zero-order valence-electron chi connectivity index (χ0n) is 14.1. The third kappa shape index (κ3) is 3.46. The molecule has 0 bridgehead atoms. The first-order chi connectivity index (χ1) is 9.82. The molecule has 1 aromatic carbocycles. The lowest BCUT2D eigenvalue weighted by atomic mass is 9.85. The highest BCUT2D eigenvalue weighted by Gasteiger charge is 2.40. The molecule has 1 aromatic rings. The smallest absolute Gasteiger partial charge is 0.123 e. The van der Waals surface area contributed by atoms with Crippen molar-refractivity contribution < 1.29 is 4.39 Å². The van der Waals surface area contributed by atoms with Crippen molar-refractivity contribution in [2.45, 2.75) is 65.1 Å². The van der Waals surface area contributed by atoms with E-state index in [2.05, 4.69) is 37.9 Å². The number of nitrogens with zero attached hydrogens (tertiary/aromatic N) is 1. The summed E-state index contributed by atoms with van der Waals surface area (Å²) in [5, 5.41) is 3.72. The summed E-state index contributed by atoms with van der Waals surface area (Å²) in [5.74, 6) is -0.145. The van der Waals surface area contributed by atoms with Crippen molar-refractivity contribution in [2.75, 3.05) is 13.1 Å². The molecule has 2 rings (SSSR count). The van der Waals surface area contributed by atoms with E-state index in [1.807, 2.05) is 13.0 Å². The lowest BCUT2D eigenvalue weighted by Crippen LogP contribution is -2.67. The monoisotopic (exact) mass is 292 g/mol. The number of aryl methyl sites for hydroxylation is 1. The Kier molecular flexibility index (Phi) is 4.74. The van der Waals surface area contributed by atoms with Gasteiger partial charge in [0.1, 0.15) is 5.82 Å². The summed E-state index contributed by atoms with van der Waals surface area (Å²) in [6, 6.07) is 5.15. The van der Waals surface area contributed by atoms with E-state index in [4.69, 9.17) is 0 Å². The van der Waals surface area contributed by atoms with Crippen LogP contribution in [0.3, 0.4) is 0 Å². The highest BCUT2D eigenvalue weighted by Crippen LogP contribution is 2.30. The van der Waals surface area contributed by atoms with Crippen LogP contribution in [0.4, 0.5) is 4.39 Å². The van der Waals surface area contributed by atoms with E-state index in [1.165, 1.54) is 5.56 Å². The van der Waals surface area contributed by atoms with Gasteiger partial charge in [0.15, 0.2) is 0 Å². The number of halogens is 1. The van der Waals surface area contributed by atoms with Crippen molar-refractivity contribution in [3.63, 3.8) is 0 Å². The number of rotatable bonds is 4. The van der Waals surface area contributed by atoms with Crippen LogP contribution in [0.2, 0.25) is 0 Å². The summed E-state index contributed by atoms with van der Waals surface area (Å²) < 4.78 is 13.3. The minimum atomic E-state index is -0.145. The van der Waals surface area contributed by atoms with Crippen molar-refractivity contribution in [1.82, 2.24) is 10.2 Å². The van der Waals surface area contributed by atoms with Crippen molar-refractivity contribution in [1.29, 1.82) is 0 Å². The molecule has 2 atom stereocenters. The van der Waals surface area contributed by atoms with Crippen LogP contribution < -0.4 is 5.32 Å².